The van der Waals surface area contributed by atoms with Gasteiger partial charge in [-0.25, -0.2) is 0 Å². The summed E-state index contributed by atoms with van der Waals surface area (Å²) in [5, 5.41) is 0.637. The zero-order valence-corrected chi connectivity index (χ0v) is 15.5. The van der Waals surface area contributed by atoms with E-state index in [1.165, 1.54) is 0 Å². The third-order valence-electron chi connectivity index (χ3n) is 5.84. The summed E-state index contributed by atoms with van der Waals surface area (Å²) in [6, 6.07) is 7.41. The number of hydrogen-bond acceptors (Lipinski definition) is 3. The molecule has 4 unspecified atom stereocenters. The smallest absolute Gasteiger partial charge is 0.228 e. The van der Waals surface area contributed by atoms with Gasteiger partial charge in [-0.15, -0.1) is 12.4 Å². The Labute approximate surface area is 158 Å². The van der Waals surface area contributed by atoms with Gasteiger partial charge in [0, 0.05) is 42.8 Å². The topological polar surface area (TPSA) is 66.6 Å². The fraction of sp³-hybridized carbons (Fsp3) is 0.556. The summed E-state index contributed by atoms with van der Waals surface area (Å²) < 4.78 is 0. The second-order valence-corrected chi connectivity index (χ2v) is 7.73. The SMILES string of the molecule is Cl.NC1CCC2CN(C(=O)C3CC(=O)N(c4ccc(Cl)cc4)C3)CC12. The highest BCUT2D eigenvalue weighted by Crippen LogP contribution is 2.38. The molecule has 2 aliphatic heterocycles. The second kappa shape index (κ2) is 7.14. The van der Waals surface area contributed by atoms with E-state index in [4.69, 9.17) is 17.3 Å². The Morgan fingerprint density at radius 3 is 2.52 bits per heavy atom. The van der Waals surface area contributed by atoms with Gasteiger partial charge in [-0.1, -0.05) is 11.6 Å². The number of carbonyl (C=O) groups excluding carboxylic acids is 2. The van der Waals surface area contributed by atoms with Crippen molar-refractivity contribution in [3.05, 3.63) is 29.3 Å². The number of nitrogens with two attached hydrogens (primary N) is 1. The van der Waals surface area contributed by atoms with Crippen LogP contribution in [0.1, 0.15) is 19.3 Å². The van der Waals surface area contributed by atoms with E-state index in [0.29, 0.717) is 29.8 Å². The average Bonchev–Trinajstić information content (AvgIpc) is 3.24. The monoisotopic (exact) mass is 383 g/mol. The van der Waals surface area contributed by atoms with E-state index in [-0.39, 0.29) is 36.2 Å². The molecule has 5 nitrogen and oxygen atoms in total. The molecule has 3 fully saturated rings. The van der Waals surface area contributed by atoms with Gasteiger partial charge in [0.05, 0.1) is 5.92 Å². The fourth-order valence-corrected chi connectivity index (χ4v) is 4.62. The molecule has 136 valence electrons. The van der Waals surface area contributed by atoms with Crippen molar-refractivity contribution in [2.45, 2.75) is 25.3 Å². The Balaban J connectivity index is 0.00000182. The number of benzene rings is 1. The van der Waals surface area contributed by atoms with Crippen LogP contribution in [0, 0.1) is 17.8 Å². The third-order valence-corrected chi connectivity index (χ3v) is 6.09. The van der Waals surface area contributed by atoms with Crippen molar-refractivity contribution in [3.8, 4) is 0 Å². The number of anilines is 1. The number of nitrogens with zero attached hydrogens (tertiary/aromatic N) is 2. The van der Waals surface area contributed by atoms with Crippen LogP contribution in [0.25, 0.3) is 0 Å². The minimum absolute atomic E-state index is 0. The van der Waals surface area contributed by atoms with Crippen molar-refractivity contribution in [1.82, 2.24) is 4.90 Å². The Hall–Kier alpha value is -1.30. The molecule has 2 heterocycles. The van der Waals surface area contributed by atoms with Crippen LogP contribution in [0.5, 0.6) is 0 Å². The molecular weight excluding hydrogens is 361 g/mol. The molecular formula is C18H23Cl2N3O2. The molecule has 0 radical (unpaired) electrons. The summed E-state index contributed by atoms with van der Waals surface area (Å²) in [6.07, 6.45) is 2.49. The second-order valence-electron chi connectivity index (χ2n) is 7.29. The fourth-order valence-electron chi connectivity index (χ4n) is 4.49. The van der Waals surface area contributed by atoms with Gasteiger partial charge < -0.3 is 15.5 Å². The normalized spacial score (nSPS) is 31.2. The first-order valence-corrected chi connectivity index (χ1v) is 9.01. The molecule has 4 atom stereocenters. The lowest BCUT2D eigenvalue weighted by atomic mass is 9.98. The predicted molar refractivity (Wildman–Crippen MR) is 99.9 cm³/mol. The molecule has 4 rings (SSSR count). The number of hydrogen-bond donors (Lipinski definition) is 1. The van der Waals surface area contributed by atoms with Gasteiger partial charge in [0.1, 0.15) is 0 Å². The van der Waals surface area contributed by atoms with Crippen molar-refractivity contribution in [3.63, 3.8) is 0 Å². The first-order chi connectivity index (χ1) is 11.5. The van der Waals surface area contributed by atoms with Gasteiger partial charge in [0.2, 0.25) is 11.8 Å². The van der Waals surface area contributed by atoms with E-state index < -0.39 is 0 Å². The third kappa shape index (κ3) is 3.37. The van der Waals surface area contributed by atoms with Crippen LogP contribution in [-0.4, -0.2) is 42.4 Å². The van der Waals surface area contributed by atoms with Crippen molar-refractivity contribution < 1.29 is 9.59 Å². The summed E-state index contributed by atoms with van der Waals surface area (Å²) in [7, 11) is 0. The molecule has 1 aromatic rings. The minimum Gasteiger partial charge on any atom is -0.342 e. The first-order valence-electron chi connectivity index (χ1n) is 8.63. The number of likely N-dealkylation sites (tertiary alicyclic amines) is 1. The zero-order chi connectivity index (χ0) is 16.8. The van der Waals surface area contributed by atoms with Crippen molar-refractivity contribution in [2.75, 3.05) is 24.5 Å². The average molecular weight is 384 g/mol. The van der Waals surface area contributed by atoms with E-state index in [9.17, 15) is 9.59 Å². The lowest BCUT2D eigenvalue weighted by Crippen LogP contribution is -2.38. The number of fused-ring (bicyclic) bond motifs is 1. The minimum atomic E-state index is -0.247. The largest absolute Gasteiger partial charge is 0.342 e. The molecule has 25 heavy (non-hydrogen) atoms. The molecule has 0 aromatic heterocycles. The maximum absolute atomic E-state index is 12.8. The van der Waals surface area contributed by atoms with Gasteiger partial charge in [0.25, 0.3) is 0 Å². The lowest BCUT2D eigenvalue weighted by Gasteiger charge is -2.22. The Bertz CT molecular complexity index is 667. The van der Waals surface area contributed by atoms with E-state index in [2.05, 4.69) is 0 Å². The van der Waals surface area contributed by atoms with Crippen LogP contribution in [0.15, 0.2) is 24.3 Å². The molecule has 2 N–H and O–H groups in total. The highest BCUT2D eigenvalue weighted by Gasteiger charge is 2.45. The lowest BCUT2D eigenvalue weighted by molar-refractivity contribution is -0.135. The number of carbonyl (C=O) groups is 2. The summed E-state index contributed by atoms with van der Waals surface area (Å²) in [5.74, 6) is 0.864. The molecule has 1 saturated carbocycles. The molecule has 0 bridgehead atoms. The molecule has 2 saturated heterocycles. The Morgan fingerprint density at radius 2 is 1.84 bits per heavy atom. The van der Waals surface area contributed by atoms with E-state index >= 15 is 0 Å². The predicted octanol–water partition coefficient (Wildman–Crippen LogP) is 2.31. The molecule has 1 aromatic carbocycles. The van der Waals surface area contributed by atoms with Crippen molar-refractivity contribution in [1.29, 1.82) is 0 Å². The summed E-state index contributed by atoms with van der Waals surface area (Å²) in [5.41, 5.74) is 6.96. The van der Waals surface area contributed by atoms with Crippen LogP contribution in [-0.2, 0) is 9.59 Å². The summed E-state index contributed by atoms with van der Waals surface area (Å²) in [4.78, 5) is 28.8. The maximum Gasteiger partial charge on any atom is 0.228 e. The van der Waals surface area contributed by atoms with Gasteiger partial charge >= 0.3 is 0 Å². The quantitative estimate of drug-likeness (QED) is 0.851. The Kier molecular flexibility index (Phi) is 5.28. The maximum atomic E-state index is 12.8. The van der Waals surface area contributed by atoms with Gasteiger partial charge in [-0.05, 0) is 48.9 Å². The molecule has 0 spiro atoms. The number of rotatable bonds is 2. The van der Waals surface area contributed by atoms with Crippen LogP contribution >= 0.6 is 24.0 Å². The van der Waals surface area contributed by atoms with Crippen LogP contribution < -0.4 is 10.6 Å². The summed E-state index contributed by atoms with van der Waals surface area (Å²) >= 11 is 5.90. The van der Waals surface area contributed by atoms with Gasteiger partial charge in [-0.2, -0.15) is 0 Å². The number of amides is 2. The van der Waals surface area contributed by atoms with E-state index in [1.807, 2.05) is 17.0 Å². The van der Waals surface area contributed by atoms with Crippen molar-refractivity contribution >= 4 is 41.5 Å². The van der Waals surface area contributed by atoms with Crippen LogP contribution in [0.2, 0.25) is 5.02 Å². The molecule has 1 aliphatic carbocycles. The molecule has 7 heteroatoms. The first kappa shape index (κ1) is 18.5. The van der Waals surface area contributed by atoms with Gasteiger partial charge in [-0.3, -0.25) is 9.59 Å². The highest BCUT2D eigenvalue weighted by molar-refractivity contribution is 6.30. The highest BCUT2D eigenvalue weighted by atomic mass is 35.5. The van der Waals surface area contributed by atoms with E-state index in [0.717, 1.165) is 31.6 Å². The van der Waals surface area contributed by atoms with Crippen LogP contribution in [0.3, 0.4) is 0 Å². The van der Waals surface area contributed by atoms with Gasteiger partial charge in [0.15, 0.2) is 0 Å². The van der Waals surface area contributed by atoms with E-state index in [1.54, 1.807) is 17.0 Å². The molecule has 2 amide bonds. The zero-order valence-electron chi connectivity index (χ0n) is 13.9. The Morgan fingerprint density at radius 1 is 1.12 bits per heavy atom. The van der Waals surface area contributed by atoms with Crippen molar-refractivity contribution in [2.24, 2.45) is 23.5 Å². The summed E-state index contributed by atoms with van der Waals surface area (Å²) in [6.45, 7) is 2.02. The molecule has 3 aliphatic rings. The van der Waals surface area contributed by atoms with Crippen LogP contribution in [0.4, 0.5) is 5.69 Å². The standard InChI is InChI=1S/C18H22ClN3O2.ClH/c19-13-2-4-14(5-3-13)22-9-12(7-17(22)23)18(24)21-8-11-1-6-16(20)15(11)10-21;/h2-5,11-12,15-16H,1,6-10,20H2;1H. The number of halogens is 2.